The van der Waals surface area contributed by atoms with Crippen LogP contribution in [-0.4, -0.2) is 52.1 Å². The molecule has 4 rings (SSSR count). The molecule has 0 spiro atoms. The maximum atomic E-state index is 13.2. The standard InChI is InChI=1S/C22H22FN5O3/c23-17-2-1-3-18(10-17)30-8-6-21(29)28-7-9-31-20(14-28)19-5-4-15(11-25-19)16-12-26-22(24)27-13-16/h1-5,10-13,20H,6-9,14H2,(H2,24,26,27)/t20-/m0/s1. The Morgan fingerprint density at radius 1 is 1.16 bits per heavy atom. The summed E-state index contributed by atoms with van der Waals surface area (Å²) in [6.07, 6.45) is 4.90. The van der Waals surface area contributed by atoms with Gasteiger partial charge in [-0.2, -0.15) is 0 Å². The highest BCUT2D eigenvalue weighted by Crippen LogP contribution is 2.24. The second-order valence-electron chi connectivity index (χ2n) is 7.06. The van der Waals surface area contributed by atoms with Gasteiger partial charge >= 0.3 is 0 Å². The van der Waals surface area contributed by atoms with E-state index >= 15 is 0 Å². The highest BCUT2D eigenvalue weighted by molar-refractivity contribution is 5.76. The molecule has 1 aliphatic heterocycles. The maximum absolute atomic E-state index is 13.2. The molecule has 1 saturated heterocycles. The number of halogens is 1. The Morgan fingerprint density at radius 3 is 2.71 bits per heavy atom. The fraction of sp³-hybridized carbons (Fsp3) is 0.273. The smallest absolute Gasteiger partial charge is 0.226 e. The van der Waals surface area contributed by atoms with Crippen molar-refractivity contribution in [2.75, 3.05) is 32.0 Å². The van der Waals surface area contributed by atoms with Crippen LogP contribution < -0.4 is 10.5 Å². The summed E-state index contributed by atoms with van der Waals surface area (Å²) in [6.45, 7) is 1.53. The maximum Gasteiger partial charge on any atom is 0.226 e. The molecule has 1 atom stereocenters. The van der Waals surface area contributed by atoms with Crippen LogP contribution in [0.25, 0.3) is 11.1 Å². The Labute approximate surface area is 178 Å². The van der Waals surface area contributed by atoms with E-state index in [4.69, 9.17) is 15.2 Å². The average molecular weight is 423 g/mol. The van der Waals surface area contributed by atoms with Crippen molar-refractivity contribution in [3.63, 3.8) is 0 Å². The van der Waals surface area contributed by atoms with Gasteiger partial charge in [0.15, 0.2) is 0 Å². The van der Waals surface area contributed by atoms with Crippen LogP contribution in [-0.2, 0) is 9.53 Å². The van der Waals surface area contributed by atoms with Crippen LogP contribution >= 0.6 is 0 Å². The van der Waals surface area contributed by atoms with Crippen molar-refractivity contribution in [1.82, 2.24) is 19.9 Å². The summed E-state index contributed by atoms with van der Waals surface area (Å²) in [7, 11) is 0. The molecule has 8 nitrogen and oxygen atoms in total. The molecule has 2 N–H and O–H groups in total. The molecule has 3 aromatic rings. The molecule has 1 fully saturated rings. The summed E-state index contributed by atoms with van der Waals surface area (Å²) in [4.78, 5) is 26.8. The number of anilines is 1. The molecular weight excluding hydrogens is 401 g/mol. The van der Waals surface area contributed by atoms with Gasteiger partial charge in [0.25, 0.3) is 0 Å². The van der Waals surface area contributed by atoms with Crippen LogP contribution in [0.1, 0.15) is 18.2 Å². The third-order valence-electron chi connectivity index (χ3n) is 4.92. The largest absolute Gasteiger partial charge is 0.493 e. The van der Waals surface area contributed by atoms with Crippen molar-refractivity contribution in [2.24, 2.45) is 0 Å². The number of pyridine rings is 1. The monoisotopic (exact) mass is 423 g/mol. The minimum Gasteiger partial charge on any atom is -0.493 e. The minimum absolute atomic E-state index is 0.0413. The van der Waals surface area contributed by atoms with Crippen LogP contribution in [0, 0.1) is 5.82 Å². The van der Waals surface area contributed by atoms with E-state index in [-0.39, 0.29) is 36.8 Å². The van der Waals surface area contributed by atoms with Crippen LogP contribution in [0.5, 0.6) is 5.75 Å². The first-order valence-corrected chi connectivity index (χ1v) is 9.90. The normalized spacial score (nSPS) is 16.2. The van der Waals surface area contributed by atoms with E-state index < -0.39 is 0 Å². The molecule has 1 amide bonds. The van der Waals surface area contributed by atoms with E-state index in [1.165, 1.54) is 12.1 Å². The molecule has 0 saturated carbocycles. The Hall–Kier alpha value is -3.59. The number of hydrogen-bond donors (Lipinski definition) is 1. The van der Waals surface area contributed by atoms with Crippen molar-refractivity contribution in [1.29, 1.82) is 0 Å². The second-order valence-corrected chi connectivity index (χ2v) is 7.06. The predicted octanol–water partition coefficient (Wildman–Crippen LogP) is 2.63. The van der Waals surface area contributed by atoms with E-state index in [0.29, 0.717) is 25.4 Å². The third kappa shape index (κ3) is 5.32. The van der Waals surface area contributed by atoms with E-state index in [0.717, 1.165) is 16.8 Å². The number of amides is 1. The highest BCUT2D eigenvalue weighted by Gasteiger charge is 2.26. The topological polar surface area (TPSA) is 103 Å². The number of carbonyl (C=O) groups excluding carboxylic acids is 1. The van der Waals surface area contributed by atoms with E-state index in [2.05, 4.69) is 15.0 Å². The van der Waals surface area contributed by atoms with Gasteiger partial charge in [-0.15, -0.1) is 0 Å². The number of rotatable bonds is 6. The quantitative estimate of drug-likeness (QED) is 0.650. The van der Waals surface area contributed by atoms with E-state index in [9.17, 15) is 9.18 Å². The molecule has 3 heterocycles. The molecule has 1 aromatic carbocycles. The first-order valence-electron chi connectivity index (χ1n) is 9.90. The molecule has 0 unspecified atom stereocenters. The first kappa shape index (κ1) is 20.7. The number of morpholine rings is 1. The zero-order valence-electron chi connectivity index (χ0n) is 16.8. The summed E-state index contributed by atoms with van der Waals surface area (Å²) in [5.74, 6) is 0.209. The molecule has 1 aliphatic rings. The molecule has 2 aromatic heterocycles. The number of hydrogen-bond acceptors (Lipinski definition) is 7. The predicted molar refractivity (Wildman–Crippen MR) is 111 cm³/mol. The molecule has 9 heteroatoms. The van der Waals surface area contributed by atoms with Crippen LogP contribution in [0.3, 0.4) is 0 Å². The van der Waals surface area contributed by atoms with Gasteiger partial charge in [0, 0.05) is 42.3 Å². The Balaban J connectivity index is 1.32. The SMILES string of the molecule is Nc1ncc(-c2ccc([C@@H]3CN(C(=O)CCOc4cccc(F)c4)CCO3)nc2)cn1. The van der Waals surface area contributed by atoms with Gasteiger partial charge in [-0.05, 0) is 18.2 Å². The van der Waals surface area contributed by atoms with Crippen molar-refractivity contribution in [3.05, 3.63) is 66.5 Å². The lowest BCUT2D eigenvalue weighted by Crippen LogP contribution is -2.42. The number of nitrogens with two attached hydrogens (primary N) is 1. The molecule has 160 valence electrons. The Kier molecular flexibility index (Phi) is 6.32. The van der Waals surface area contributed by atoms with Crippen LogP contribution in [0.2, 0.25) is 0 Å². The van der Waals surface area contributed by atoms with Gasteiger partial charge in [0.05, 0.1) is 31.9 Å². The van der Waals surface area contributed by atoms with Gasteiger partial charge in [-0.1, -0.05) is 12.1 Å². The van der Waals surface area contributed by atoms with Crippen molar-refractivity contribution in [2.45, 2.75) is 12.5 Å². The second kappa shape index (κ2) is 9.48. The number of aromatic nitrogens is 3. The summed E-state index contributed by atoms with van der Waals surface area (Å²) in [5, 5.41) is 0. The number of carbonyl (C=O) groups is 1. The lowest BCUT2D eigenvalue weighted by atomic mass is 10.1. The van der Waals surface area contributed by atoms with E-state index in [1.807, 2.05) is 12.1 Å². The molecule has 0 aliphatic carbocycles. The first-order chi connectivity index (χ1) is 15.1. The number of ether oxygens (including phenoxy) is 2. The van der Waals surface area contributed by atoms with Crippen LogP contribution in [0.15, 0.2) is 55.0 Å². The fourth-order valence-electron chi connectivity index (χ4n) is 3.28. The Morgan fingerprint density at radius 2 is 1.97 bits per heavy atom. The lowest BCUT2D eigenvalue weighted by Gasteiger charge is -2.32. The minimum atomic E-state index is -0.373. The molecule has 0 bridgehead atoms. The van der Waals surface area contributed by atoms with Crippen molar-refractivity contribution < 1.29 is 18.7 Å². The number of nitrogens with zero attached hydrogens (tertiary/aromatic N) is 4. The van der Waals surface area contributed by atoms with Crippen molar-refractivity contribution >= 4 is 11.9 Å². The zero-order valence-corrected chi connectivity index (χ0v) is 16.8. The molecular formula is C22H22FN5O3. The zero-order chi connectivity index (χ0) is 21.6. The molecule has 31 heavy (non-hydrogen) atoms. The van der Waals surface area contributed by atoms with E-state index in [1.54, 1.807) is 35.6 Å². The summed E-state index contributed by atoms with van der Waals surface area (Å²) in [6, 6.07) is 9.64. The van der Waals surface area contributed by atoms with Gasteiger partial charge in [0.1, 0.15) is 17.7 Å². The highest BCUT2D eigenvalue weighted by atomic mass is 19.1. The Bertz CT molecular complexity index is 1030. The van der Waals surface area contributed by atoms with Gasteiger partial charge in [-0.3, -0.25) is 9.78 Å². The summed E-state index contributed by atoms with van der Waals surface area (Å²) in [5.41, 5.74) is 7.94. The van der Waals surface area contributed by atoms with Crippen LogP contribution in [0.4, 0.5) is 10.3 Å². The van der Waals surface area contributed by atoms with Gasteiger partial charge < -0.3 is 20.1 Å². The third-order valence-corrected chi connectivity index (χ3v) is 4.92. The molecule has 0 radical (unpaired) electrons. The summed E-state index contributed by atoms with van der Waals surface area (Å²) >= 11 is 0. The van der Waals surface area contributed by atoms with Gasteiger partial charge in [-0.25, -0.2) is 14.4 Å². The number of benzene rings is 1. The fourth-order valence-corrected chi connectivity index (χ4v) is 3.28. The average Bonchev–Trinajstić information content (AvgIpc) is 2.80. The number of nitrogen functional groups attached to an aromatic ring is 1. The van der Waals surface area contributed by atoms with Crippen molar-refractivity contribution in [3.8, 4) is 16.9 Å². The van der Waals surface area contributed by atoms with Gasteiger partial charge in [0.2, 0.25) is 11.9 Å². The lowest BCUT2D eigenvalue weighted by molar-refractivity contribution is -0.139. The summed E-state index contributed by atoms with van der Waals surface area (Å²) < 4.78 is 24.5.